The van der Waals surface area contributed by atoms with E-state index >= 15 is 0 Å². The number of aromatic nitrogens is 3. The van der Waals surface area contributed by atoms with E-state index in [1.807, 2.05) is 30.3 Å². The Bertz CT molecular complexity index is 865. The van der Waals surface area contributed by atoms with Crippen LogP contribution in [0.5, 0.6) is 0 Å². The third-order valence-electron chi connectivity index (χ3n) is 3.29. The highest BCUT2D eigenvalue weighted by Gasteiger charge is 2.25. The highest BCUT2D eigenvalue weighted by atomic mass is 35.5. The van der Waals surface area contributed by atoms with E-state index in [1.54, 1.807) is 6.07 Å². The lowest BCUT2D eigenvalue weighted by Gasteiger charge is -2.09. The van der Waals surface area contributed by atoms with E-state index in [0.29, 0.717) is 12.2 Å². The fourth-order valence-electron chi connectivity index (χ4n) is 2.29. The van der Waals surface area contributed by atoms with E-state index in [9.17, 15) is 10.1 Å². The van der Waals surface area contributed by atoms with Crippen molar-refractivity contribution in [1.82, 2.24) is 15.0 Å². The summed E-state index contributed by atoms with van der Waals surface area (Å²) in [6.45, 7) is 0.373. The van der Waals surface area contributed by atoms with Gasteiger partial charge in [-0.2, -0.15) is 0 Å². The average Bonchev–Trinajstić information content (AvgIpc) is 2.88. The molecule has 3 aromatic rings. The largest absolute Gasteiger partial charge is 0.280 e. The number of halogens is 2. The highest BCUT2D eigenvalue weighted by molar-refractivity contribution is 6.36. The fraction of sp³-hybridized carbons (Fsp3) is 0.0667. The van der Waals surface area contributed by atoms with Crippen molar-refractivity contribution < 1.29 is 4.92 Å². The van der Waals surface area contributed by atoms with Gasteiger partial charge in [-0.05, 0) is 11.6 Å². The molecule has 23 heavy (non-hydrogen) atoms. The molecule has 3 rings (SSSR count). The number of hydrogen-bond acceptors (Lipinski definition) is 4. The number of rotatable bonds is 4. The number of nitro benzene ring substituents is 1. The second-order valence-corrected chi connectivity index (χ2v) is 5.53. The molecule has 8 heteroatoms. The van der Waals surface area contributed by atoms with Crippen molar-refractivity contribution in [3.05, 3.63) is 74.4 Å². The van der Waals surface area contributed by atoms with Gasteiger partial charge in [0, 0.05) is 6.07 Å². The summed E-state index contributed by atoms with van der Waals surface area (Å²) in [6, 6.07) is 14.0. The van der Waals surface area contributed by atoms with E-state index in [-0.39, 0.29) is 21.4 Å². The zero-order valence-electron chi connectivity index (χ0n) is 11.7. The monoisotopic (exact) mass is 348 g/mol. The first kappa shape index (κ1) is 15.5. The molecule has 0 radical (unpaired) electrons. The molecule has 0 unspecified atom stereocenters. The van der Waals surface area contributed by atoms with Gasteiger partial charge in [0.2, 0.25) is 0 Å². The first-order valence-corrected chi connectivity index (χ1v) is 7.39. The second kappa shape index (κ2) is 6.36. The molecule has 2 aromatic carbocycles. The standard InChI is InChI=1S/C15H10Cl2N4O2/c16-11-7-4-8-12(21(22)23)13(11)14-15(17)18-19-20(14)9-10-5-2-1-3-6-10/h1-8H,9H2. The van der Waals surface area contributed by atoms with Crippen LogP contribution in [0.25, 0.3) is 11.3 Å². The molecule has 0 aliphatic heterocycles. The van der Waals surface area contributed by atoms with Gasteiger partial charge in [-0.3, -0.25) is 10.1 Å². The zero-order valence-corrected chi connectivity index (χ0v) is 13.2. The summed E-state index contributed by atoms with van der Waals surface area (Å²) < 4.78 is 1.51. The van der Waals surface area contributed by atoms with Crippen LogP contribution in [0.1, 0.15) is 5.56 Å². The molecule has 0 aliphatic rings. The first-order valence-electron chi connectivity index (χ1n) is 6.64. The topological polar surface area (TPSA) is 73.8 Å². The molecule has 0 saturated carbocycles. The smallest absolute Gasteiger partial charge is 0.258 e. The quantitative estimate of drug-likeness (QED) is 0.522. The number of nitrogens with zero attached hydrogens (tertiary/aromatic N) is 4. The number of benzene rings is 2. The molecule has 6 nitrogen and oxygen atoms in total. The van der Waals surface area contributed by atoms with Gasteiger partial charge < -0.3 is 0 Å². The lowest BCUT2D eigenvalue weighted by molar-refractivity contribution is -0.384. The molecule has 0 saturated heterocycles. The molecule has 1 aromatic heterocycles. The van der Waals surface area contributed by atoms with Crippen LogP contribution in [-0.4, -0.2) is 19.9 Å². The van der Waals surface area contributed by atoms with Crippen LogP contribution in [0.15, 0.2) is 48.5 Å². The van der Waals surface area contributed by atoms with Gasteiger partial charge in [0.05, 0.1) is 22.1 Å². The molecular weight excluding hydrogens is 339 g/mol. The van der Waals surface area contributed by atoms with Gasteiger partial charge >= 0.3 is 0 Å². The van der Waals surface area contributed by atoms with Gasteiger partial charge in [-0.15, -0.1) is 5.10 Å². The van der Waals surface area contributed by atoms with Crippen molar-refractivity contribution in [2.24, 2.45) is 0 Å². The zero-order chi connectivity index (χ0) is 16.4. The second-order valence-electron chi connectivity index (χ2n) is 4.76. The maximum Gasteiger partial charge on any atom is 0.280 e. The van der Waals surface area contributed by atoms with Gasteiger partial charge in [-0.25, -0.2) is 4.68 Å². The molecule has 0 spiro atoms. The Morgan fingerprint density at radius 2 is 1.83 bits per heavy atom. The summed E-state index contributed by atoms with van der Waals surface area (Å²) in [7, 11) is 0. The Morgan fingerprint density at radius 1 is 1.09 bits per heavy atom. The normalized spacial score (nSPS) is 10.7. The molecule has 0 fully saturated rings. The highest BCUT2D eigenvalue weighted by Crippen LogP contribution is 2.39. The lowest BCUT2D eigenvalue weighted by Crippen LogP contribution is -2.05. The molecule has 0 bridgehead atoms. The molecule has 0 atom stereocenters. The van der Waals surface area contributed by atoms with Crippen LogP contribution in [-0.2, 0) is 6.54 Å². The summed E-state index contributed by atoms with van der Waals surface area (Å²) in [5.41, 5.74) is 1.36. The van der Waals surface area contributed by atoms with E-state index in [0.717, 1.165) is 5.56 Å². The van der Waals surface area contributed by atoms with Crippen molar-refractivity contribution in [3.63, 3.8) is 0 Å². The van der Waals surface area contributed by atoms with E-state index in [2.05, 4.69) is 10.3 Å². The number of nitro groups is 1. The van der Waals surface area contributed by atoms with E-state index in [4.69, 9.17) is 23.2 Å². The average molecular weight is 349 g/mol. The summed E-state index contributed by atoms with van der Waals surface area (Å²) >= 11 is 12.3. The van der Waals surface area contributed by atoms with Crippen LogP contribution >= 0.6 is 23.2 Å². The van der Waals surface area contributed by atoms with Crippen molar-refractivity contribution >= 4 is 28.9 Å². The third-order valence-corrected chi connectivity index (χ3v) is 3.86. The summed E-state index contributed by atoms with van der Waals surface area (Å²) in [4.78, 5) is 10.8. The predicted molar refractivity (Wildman–Crippen MR) is 87.7 cm³/mol. The van der Waals surface area contributed by atoms with Crippen molar-refractivity contribution in [2.45, 2.75) is 6.54 Å². The lowest BCUT2D eigenvalue weighted by atomic mass is 10.1. The Hall–Kier alpha value is -2.44. The number of hydrogen-bond donors (Lipinski definition) is 0. The third kappa shape index (κ3) is 3.04. The van der Waals surface area contributed by atoms with Crippen LogP contribution in [0.4, 0.5) is 5.69 Å². The molecule has 0 N–H and O–H groups in total. The van der Waals surface area contributed by atoms with Gasteiger partial charge in [-0.1, -0.05) is 64.8 Å². The Balaban J connectivity index is 2.15. The molecule has 116 valence electrons. The Kier molecular flexibility index (Phi) is 4.27. The van der Waals surface area contributed by atoms with Gasteiger partial charge in [0.25, 0.3) is 5.69 Å². The van der Waals surface area contributed by atoms with E-state index in [1.165, 1.54) is 16.8 Å². The molecular formula is C15H10Cl2N4O2. The maximum atomic E-state index is 11.3. The minimum absolute atomic E-state index is 0.0668. The Morgan fingerprint density at radius 3 is 2.52 bits per heavy atom. The SMILES string of the molecule is O=[N+]([O-])c1cccc(Cl)c1-c1c(Cl)nnn1Cc1ccccc1. The van der Waals surface area contributed by atoms with Gasteiger partial charge in [0.15, 0.2) is 5.15 Å². The molecule has 0 amide bonds. The minimum atomic E-state index is -0.503. The maximum absolute atomic E-state index is 11.3. The summed E-state index contributed by atoms with van der Waals surface area (Å²) in [5.74, 6) is 0. The fourth-order valence-corrected chi connectivity index (χ4v) is 2.78. The van der Waals surface area contributed by atoms with Crippen molar-refractivity contribution in [2.75, 3.05) is 0 Å². The minimum Gasteiger partial charge on any atom is -0.258 e. The van der Waals surface area contributed by atoms with Crippen LogP contribution < -0.4 is 0 Å². The van der Waals surface area contributed by atoms with Crippen LogP contribution in [0, 0.1) is 10.1 Å². The Labute approximate surface area is 141 Å². The summed E-state index contributed by atoms with van der Waals surface area (Å²) in [5, 5.41) is 19.4. The first-order chi connectivity index (χ1) is 11.1. The van der Waals surface area contributed by atoms with Crippen LogP contribution in [0.2, 0.25) is 10.2 Å². The molecule has 1 heterocycles. The molecule has 0 aliphatic carbocycles. The van der Waals surface area contributed by atoms with Crippen molar-refractivity contribution in [1.29, 1.82) is 0 Å². The predicted octanol–water partition coefficient (Wildman–Crippen LogP) is 4.21. The van der Waals surface area contributed by atoms with Crippen LogP contribution in [0.3, 0.4) is 0 Å². The van der Waals surface area contributed by atoms with Crippen molar-refractivity contribution in [3.8, 4) is 11.3 Å². The van der Waals surface area contributed by atoms with Gasteiger partial charge in [0.1, 0.15) is 5.69 Å². The summed E-state index contributed by atoms with van der Waals surface area (Å²) in [6.07, 6.45) is 0. The van der Waals surface area contributed by atoms with E-state index < -0.39 is 4.92 Å².